The summed E-state index contributed by atoms with van der Waals surface area (Å²) in [7, 11) is 0. The third kappa shape index (κ3) is 3.72. The van der Waals surface area contributed by atoms with E-state index in [0.717, 1.165) is 59.1 Å². The number of pyridine rings is 2. The van der Waals surface area contributed by atoms with Crippen molar-refractivity contribution in [3.8, 4) is 11.4 Å². The molecule has 0 amide bonds. The predicted molar refractivity (Wildman–Crippen MR) is 137 cm³/mol. The molecule has 0 radical (unpaired) electrons. The van der Waals surface area contributed by atoms with E-state index in [1.165, 1.54) is 23.8 Å². The van der Waals surface area contributed by atoms with Gasteiger partial charge in [-0.25, -0.2) is 15.0 Å². The van der Waals surface area contributed by atoms with Gasteiger partial charge in [-0.3, -0.25) is 4.98 Å². The van der Waals surface area contributed by atoms with E-state index < -0.39 is 0 Å². The fourth-order valence-electron chi connectivity index (χ4n) is 5.09. The number of piperazine rings is 1. The third-order valence-corrected chi connectivity index (χ3v) is 7.09. The van der Waals surface area contributed by atoms with Crippen molar-refractivity contribution >= 4 is 27.8 Å². The Morgan fingerprint density at radius 3 is 2.68 bits per heavy atom. The Bertz CT molecular complexity index is 1390. The van der Waals surface area contributed by atoms with Gasteiger partial charge in [0.05, 0.1) is 11.7 Å². The number of hydrogen-bond acceptors (Lipinski definition) is 6. The number of H-pyrrole nitrogens is 1. The molecule has 34 heavy (non-hydrogen) atoms. The van der Waals surface area contributed by atoms with Crippen molar-refractivity contribution in [3.63, 3.8) is 0 Å². The molecule has 0 atom stereocenters. The van der Waals surface area contributed by atoms with Gasteiger partial charge in [0.15, 0.2) is 5.82 Å². The minimum absolute atomic E-state index is 0.00282. The van der Waals surface area contributed by atoms with Gasteiger partial charge in [-0.15, -0.1) is 0 Å². The Labute approximate surface area is 200 Å². The number of aromatic amines is 1. The molecule has 5 heterocycles. The minimum Gasteiger partial charge on any atom is -0.353 e. The summed E-state index contributed by atoms with van der Waals surface area (Å²) >= 11 is 0. The molecule has 2 N–H and O–H groups in total. The van der Waals surface area contributed by atoms with Gasteiger partial charge in [-0.05, 0) is 50.3 Å². The lowest BCUT2D eigenvalue weighted by Gasteiger charge is -2.40. The van der Waals surface area contributed by atoms with Crippen LogP contribution in [0.15, 0.2) is 30.7 Å². The number of hydrogen-bond donors (Lipinski definition) is 2. The maximum Gasteiger partial charge on any atom is 0.163 e. The van der Waals surface area contributed by atoms with E-state index in [1.807, 2.05) is 24.7 Å². The summed E-state index contributed by atoms with van der Waals surface area (Å²) in [5.41, 5.74) is 5.29. The molecule has 7 heteroatoms. The van der Waals surface area contributed by atoms with Gasteiger partial charge in [-0.1, -0.05) is 20.8 Å². The Morgan fingerprint density at radius 2 is 1.94 bits per heavy atom. The topological polar surface area (TPSA) is 82.6 Å². The first-order valence-corrected chi connectivity index (χ1v) is 12.3. The van der Waals surface area contributed by atoms with E-state index in [9.17, 15) is 0 Å². The van der Waals surface area contributed by atoms with Crippen LogP contribution in [0, 0.1) is 0 Å². The second kappa shape index (κ2) is 7.47. The van der Waals surface area contributed by atoms with Crippen LogP contribution in [0.25, 0.3) is 33.3 Å². The molecule has 0 unspecified atom stereocenters. The molecule has 0 bridgehead atoms. The lowest BCUT2D eigenvalue weighted by molar-refractivity contribution is 0.352. The largest absolute Gasteiger partial charge is 0.353 e. The summed E-state index contributed by atoms with van der Waals surface area (Å²) in [4.78, 5) is 25.5. The summed E-state index contributed by atoms with van der Waals surface area (Å²) in [6.07, 6.45) is 8.23. The average molecular weight is 456 g/mol. The van der Waals surface area contributed by atoms with Gasteiger partial charge < -0.3 is 15.2 Å². The number of aromatic nitrogens is 5. The Kier molecular flexibility index (Phi) is 4.72. The van der Waals surface area contributed by atoms with E-state index in [0.29, 0.717) is 5.92 Å². The van der Waals surface area contributed by atoms with Crippen molar-refractivity contribution in [1.82, 2.24) is 30.2 Å². The molecule has 2 fully saturated rings. The highest BCUT2D eigenvalue weighted by Gasteiger charge is 2.32. The first-order valence-electron chi connectivity index (χ1n) is 12.3. The van der Waals surface area contributed by atoms with Crippen molar-refractivity contribution in [2.45, 2.75) is 64.3 Å². The Balaban J connectivity index is 1.58. The zero-order valence-electron chi connectivity index (χ0n) is 20.7. The highest BCUT2D eigenvalue weighted by molar-refractivity contribution is 5.97. The molecule has 6 rings (SSSR count). The van der Waals surface area contributed by atoms with E-state index in [2.05, 4.69) is 65.9 Å². The fraction of sp³-hybridized carbons (Fsp3) is 0.481. The van der Waals surface area contributed by atoms with Gasteiger partial charge in [0.1, 0.15) is 11.5 Å². The van der Waals surface area contributed by atoms with Crippen LogP contribution in [0.3, 0.4) is 0 Å². The molecular formula is C27H33N7. The molecular weight excluding hydrogens is 422 g/mol. The molecule has 1 aliphatic carbocycles. The zero-order chi connectivity index (χ0) is 23.7. The molecule has 1 saturated carbocycles. The second-order valence-corrected chi connectivity index (χ2v) is 11.6. The van der Waals surface area contributed by atoms with Gasteiger partial charge in [-0.2, -0.15) is 0 Å². The monoisotopic (exact) mass is 455 g/mol. The average Bonchev–Trinajstić information content (AvgIpc) is 3.53. The lowest BCUT2D eigenvalue weighted by atomic mass is 9.92. The van der Waals surface area contributed by atoms with Crippen LogP contribution in [0.2, 0.25) is 0 Å². The molecule has 4 aromatic rings. The Hall–Kier alpha value is -3.06. The van der Waals surface area contributed by atoms with Crippen LogP contribution in [0.4, 0.5) is 5.82 Å². The summed E-state index contributed by atoms with van der Waals surface area (Å²) in [6.45, 7) is 13.9. The summed E-state index contributed by atoms with van der Waals surface area (Å²) in [6, 6.07) is 4.24. The van der Waals surface area contributed by atoms with Crippen molar-refractivity contribution in [2.24, 2.45) is 0 Å². The van der Waals surface area contributed by atoms with Crippen LogP contribution >= 0.6 is 0 Å². The molecule has 0 spiro atoms. The van der Waals surface area contributed by atoms with Crippen molar-refractivity contribution in [2.75, 3.05) is 24.5 Å². The highest BCUT2D eigenvalue weighted by atomic mass is 15.3. The quantitative estimate of drug-likeness (QED) is 0.456. The first-order chi connectivity index (χ1) is 16.2. The van der Waals surface area contributed by atoms with Gasteiger partial charge in [0.2, 0.25) is 0 Å². The van der Waals surface area contributed by atoms with Crippen LogP contribution in [0.1, 0.15) is 64.6 Å². The maximum atomic E-state index is 5.27. The lowest BCUT2D eigenvalue weighted by Crippen LogP contribution is -2.57. The smallest absolute Gasteiger partial charge is 0.163 e. The van der Waals surface area contributed by atoms with Crippen LogP contribution in [-0.2, 0) is 5.41 Å². The molecule has 4 aromatic heterocycles. The number of anilines is 1. The number of nitrogens with one attached hydrogen (secondary N) is 2. The summed E-state index contributed by atoms with van der Waals surface area (Å²) in [5, 5.41) is 5.87. The van der Waals surface area contributed by atoms with Gasteiger partial charge in [0, 0.05) is 65.0 Å². The first kappa shape index (κ1) is 21.5. The number of fused-ring (bicyclic) bond motifs is 2. The zero-order valence-corrected chi connectivity index (χ0v) is 20.7. The van der Waals surface area contributed by atoms with E-state index >= 15 is 0 Å². The molecule has 1 aliphatic heterocycles. The minimum atomic E-state index is 0.00282. The number of nitrogens with zero attached hydrogens (tertiary/aromatic N) is 5. The molecule has 0 aromatic carbocycles. The van der Waals surface area contributed by atoms with Crippen LogP contribution in [0.5, 0.6) is 0 Å². The van der Waals surface area contributed by atoms with Gasteiger partial charge >= 0.3 is 0 Å². The standard InChI is InChI=1S/C27H33N7/c1-26(2,3)21-12-18-17(8-9-29-23(18)32-21)24-31-20-14-28-13-19(16-6-7-16)22(20)25(33-24)34-11-10-30-27(4,5)15-34/h8-9,12-14,16,30H,6-7,10-11,15H2,1-5H3,(H,29,32). The molecule has 1 saturated heterocycles. The molecule has 2 aliphatic rings. The highest BCUT2D eigenvalue weighted by Crippen LogP contribution is 2.45. The normalized spacial score (nSPS) is 18.7. The van der Waals surface area contributed by atoms with Crippen molar-refractivity contribution < 1.29 is 0 Å². The van der Waals surface area contributed by atoms with Gasteiger partial charge in [0.25, 0.3) is 0 Å². The SMILES string of the molecule is CC1(C)CN(c2nc(-c3ccnc4[nH]c(C(C)(C)C)cc34)nc3cncc(C4CC4)c23)CCN1. The van der Waals surface area contributed by atoms with E-state index in [1.54, 1.807) is 0 Å². The molecule has 7 nitrogen and oxygen atoms in total. The van der Waals surface area contributed by atoms with Crippen LogP contribution in [-0.4, -0.2) is 50.1 Å². The summed E-state index contributed by atoms with van der Waals surface area (Å²) in [5.74, 6) is 2.35. The van der Waals surface area contributed by atoms with Crippen LogP contribution < -0.4 is 10.2 Å². The van der Waals surface area contributed by atoms with E-state index in [-0.39, 0.29) is 11.0 Å². The van der Waals surface area contributed by atoms with E-state index in [4.69, 9.17) is 9.97 Å². The fourth-order valence-corrected chi connectivity index (χ4v) is 5.09. The van der Waals surface area contributed by atoms with Crippen molar-refractivity contribution in [3.05, 3.63) is 42.0 Å². The predicted octanol–water partition coefficient (Wildman–Crippen LogP) is 4.93. The number of rotatable bonds is 3. The molecule has 176 valence electrons. The van der Waals surface area contributed by atoms with Crippen molar-refractivity contribution in [1.29, 1.82) is 0 Å². The maximum absolute atomic E-state index is 5.27. The second-order valence-electron chi connectivity index (χ2n) is 11.6. The Morgan fingerprint density at radius 1 is 1.12 bits per heavy atom. The third-order valence-electron chi connectivity index (χ3n) is 7.09. The summed E-state index contributed by atoms with van der Waals surface area (Å²) < 4.78 is 0.